The van der Waals surface area contributed by atoms with Crippen molar-refractivity contribution in [1.29, 1.82) is 0 Å². The van der Waals surface area contributed by atoms with Gasteiger partial charge in [-0.05, 0) is 52.7 Å². The van der Waals surface area contributed by atoms with Gasteiger partial charge in [0.15, 0.2) is 0 Å². The first-order valence-corrected chi connectivity index (χ1v) is 15.9. The maximum absolute atomic E-state index is 14.8. The fourth-order valence-electron chi connectivity index (χ4n) is 4.25. The second kappa shape index (κ2) is 13.6. The van der Waals surface area contributed by atoms with Crippen LogP contribution in [-0.4, -0.2) is 42.8 Å². The van der Waals surface area contributed by atoms with Crippen molar-refractivity contribution >= 4 is 27.5 Å². The number of hydrogen-bond acceptors (Lipinski definition) is 6. The van der Waals surface area contributed by atoms with Crippen LogP contribution in [0.3, 0.4) is 0 Å². The average Bonchev–Trinajstić information content (AvgIpc) is 3.37. The smallest absolute Gasteiger partial charge is 0.254 e. The Labute approximate surface area is 244 Å². The Hall–Kier alpha value is -4.22. The van der Waals surface area contributed by atoms with Gasteiger partial charge in [-0.1, -0.05) is 54.6 Å². The number of aromatic nitrogens is 1. The van der Waals surface area contributed by atoms with Gasteiger partial charge in [-0.25, -0.2) is 18.8 Å². The maximum atomic E-state index is 14.8. The zero-order valence-corrected chi connectivity index (χ0v) is 24.6. The molecule has 0 aliphatic carbocycles. The van der Waals surface area contributed by atoms with Crippen LogP contribution in [0.15, 0.2) is 82.2 Å². The Balaban J connectivity index is 1.49. The molecule has 0 aliphatic rings. The van der Waals surface area contributed by atoms with Crippen LogP contribution in [0.5, 0.6) is 5.88 Å². The lowest BCUT2D eigenvalue weighted by atomic mass is 10.0. The van der Waals surface area contributed by atoms with E-state index in [0.717, 1.165) is 23.3 Å². The predicted molar refractivity (Wildman–Crippen MR) is 158 cm³/mol. The van der Waals surface area contributed by atoms with Gasteiger partial charge in [0.25, 0.3) is 11.8 Å². The summed E-state index contributed by atoms with van der Waals surface area (Å²) in [6.45, 7) is 0.643. The number of rotatable bonds is 12. The van der Waals surface area contributed by atoms with Crippen LogP contribution < -0.4 is 15.4 Å². The van der Waals surface area contributed by atoms with E-state index in [-0.39, 0.29) is 35.3 Å². The molecular formula is C31H33F2N3O5S. The van der Waals surface area contributed by atoms with Crippen LogP contribution in [-0.2, 0) is 34.0 Å². The number of carbonyl (C=O) groups excluding carboxylic acids is 2. The third-order valence-corrected chi connectivity index (χ3v) is 7.79. The number of benzene rings is 3. The molecule has 0 saturated heterocycles. The fourth-order valence-corrected chi connectivity index (χ4v) is 5.54. The normalized spacial score (nSPS) is 12.4. The molecule has 1 heterocycles. The summed E-state index contributed by atoms with van der Waals surface area (Å²) in [6, 6.07) is 18.9. The second-order valence-corrected chi connectivity index (χ2v) is 14.4. The molecular weight excluding hydrogens is 564 g/mol. The van der Waals surface area contributed by atoms with Crippen LogP contribution in [0.25, 0.3) is 0 Å². The summed E-state index contributed by atoms with van der Waals surface area (Å²) in [6.07, 6.45) is 5.11. The van der Waals surface area contributed by atoms with E-state index in [4.69, 9.17) is 14.0 Å². The topological polar surface area (TPSA) is 103 Å². The second-order valence-electron chi connectivity index (χ2n) is 10.4. The summed E-state index contributed by atoms with van der Waals surface area (Å²) in [7, 11) is -0.126. The van der Waals surface area contributed by atoms with Crippen LogP contribution in [0, 0.1) is 11.6 Å². The highest BCUT2D eigenvalue weighted by molar-refractivity contribution is 8.32. The minimum absolute atomic E-state index is 0.00161. The standard InChI is InChI=1S/C31H33F2N3O5S/c1-39-18-21-10-12-22(13-11-21)29(31(38)34-23-14-25(32)30(26(33)15-23)42(2,3)4)35-27(37)16-24-17-28(36-41-24)40-19-20-8-6-5-7-9-20/h5-15,17,29H,16,18-19H2,1-4H3,(H,34,38)(H,35,37). The minimum atomic E-state index is -1.69. The monoisotopic (exact) mass is 597 g/mol. The van der Waals surface area contributed by atoms with Gasteiger partial charge in [0.05, 0.1) is 17.9 Å². The van der Waals surface area contributed by atoms with E-state index in [9.17, 15) is 18.4 Å². The summed E-state index contributed by atoms with van der Waals surface area (Å²) in [5.74, 6) is -2.25. The van der Waals surface area contributed by atoms with Crippen LogP contribution >= 0.6 is 10.0 Å². The summed E-state index contributed by atoms with van der Waals surface area (Å²) >= 11 is 0. The molecule has 42 heavy (non-hydrogen) atoms. The van der Waals surface area contributed by atoms with Crippen LogP contribution in [0.2, 0.25) is 0 Å². The van der Waals surface area contributed by atoms with E-state index in [1.54, 1.807) is 50.1 Å². The van der Waals surface area contributed by atoms with Crippen molar-refractivity contribution in [2.45, 2.75) is 30.6 Å². The van der Waals surface area contributed by atoms with Gasteiger partial charge in [0.1, 0.15) is 30.0 Å². The van der Waals surface area contributed by atoms with Gasteiger partial charge in [0.2, 0.25) is 5.91 Å². The third kappa shape index (κ3) is 8.17. The third-order valence-electron chi connectivity index (χ3n) is 6.17. The maximum Gasteiger partial charge on any atom is 0.254 e. The molecule has 1 atom stereocenters. The lowest BCUT2D eigenvalue weighted by molar-refractivity contribution is -0.126. The first-order valence-electron chi connectivity index (χ1n) is 13.0. The molecule has 1 aromatic heterocycles. The van der Waals surface area contributed by atoms with Gasteiger partial charge in [-0.2, -0.15) is 0 Å². The Kier molecular flexibility index (Phi) is 9.97. The molecule has 4 rings (SSSR count). The van der Waals surface area contributed by atoms with Crippen molar-refractivity contribution in [2.24, 2.45) is 0 Å². The molecule has 0 radical (unpaired) electrons. The van der Waals surface area contributed by atoms with E-state index >= 15 is 0 Å². The molecule has 1 unspecified atom stereocenters. The van der Waals surface area contributed by atoms with Crippen molar-refractivity contribution in [1.82, 2.24) is 10.5 Å². The number of nitrogens with zero attached hydrogens (tertiary/aromatic N) is 1. The van der Waals surface area contributed by atoms with Gasteiger partial charge < -0.3 is 24.6 Å². The molecule has 0 saturated carbocycles. The van der Waals surface area contributed by atoms with Gasteiger partial charge in [0, 0.05) is 18.9 Å². The summed E-state index contributed by atoms with van der Waals surface area (Å²) < 4.78 is 45.7. The van der Waals surface area contributed by atoms with Crippen molar-refractivity contribution in [3.8, 4) is 5.88 Å². The lowest BCUT2D eigenvalue weighted by Gasteiger charge is -2.27. The van der Waals surface area contributed by atoms with Gasteiger partial charge in [-0.15, -0.1) is 0 Å². The number of amides is 2. The molecule has 222 valence electrons. The number of ether oxygens (including phenoxy) is 2. The first kappa shape index (κ1) is 30.7. The number of hydrogen-bond donors (Lipinski definition) is 2. The Morgan fingerprint density at radius 1 is 0.929 bits per heavy atom. The van der Waals surface area contributed by atoms with Crippen molar-refractivity contribution in [3.05, 3.63) is 107 Å². The van der Waals surface area contributed by atoms with E-state index in [0.29, 0.717) is 12.2 Å². The number of nitrogens with one attached hydrogen (secondary N) is 2. The predicted octanol–water partition coefficient (Wildman–Crippen LogP) is 5.77. The first-order chi connectivity index (χ1) is 20.0. The highest BCUT2D eigenvalue weighted by atomic mass is 32.3. The van der Waals surface area contributed by atoms with Crippen molar-refractivity contribution in [3.63, 3.8) is 0 Å². The van der Waals surface area contributed by atoms with Crippen LogP contribution in [0.1, 0.15) is 28.5 Å². The van der Waals surface area contributed by atoms with Gasteiger partial charge >= 0.3 is 0 Å². The number of methoxy groups -OCH3 is 1. The number of anilines is 1. The molecule has 4 aromatic rings. The molecule has 2 amide bonds. The van der Waals surface area contributed by atoms with Crippen molar-refractivity contribution in [2.75, 3.05) is 31.2 Å². The average molecular weight is 598 g/mol. The van der Waals surface area contributed by atoms with Gasteiger partial charge in [-0.3, -0.25) is 9.59 Å². The SMILES string of the molecule is COCc1ccc(C(NC(=O)Cc2cc(OCc3ccccc3)no2)C(=O)Nc2cc(F)c(S(C)(C)C)c(F)c2)cc1. The van der Waals surface area contributed by atoms with Crippen molar-refractivity contribution < 1.29 is 32.4 Å². The molecule has 2 N–H and O–H groups in total. The lowest BCUT2D eigenvalue weighted by Crippen LogP contribution is -2.37. The number of carbonyl (C=O) groups is 2. The zero-order chi connectivity index (χ0) is 30.3. The van der Waals surface area contributed by atoms with E-state index in [1.807, 2.05) is 30.3 Å². The minimum Gasteiger partial charge on any atom is -0.471 e. The Morgan fingerprint density at radius 3 is 2.19 bits per heavy atom. The number of halogens is 2. The largest absolute Gasteiger partial charge is 0.471 e. The summed E-state index contributed by atoms with van der Waals surface area (Å²) in [5.41, 5.74) is 2.20. The molecule has 8 nitrogen and oxygen atoms in total. The quantitative estimate of drug-likeness (QED) is 0.215. The molecule has 0 bridgehead atoms. The zero-order valence-electron chi connectivity index (χ0n) is 23.8. The summed E-state index contributed by atoms with van der Waals surface area (Å²) in [5, 5.41) is 9.08. The highest BCUT2D eigenvalue weighted by Gasteiger charge is 2.26. The highest BCUT2D eigenvalue weighted by Crippen LogP contribution is 2.48. The Morgan fingerprint density at radius 2 is 1.57 bits per heavy atom. The molecule has 0 spiro atoms. The van der Waals surface area contributed by atoms with E-state index < -0.39 is 39.5 Å². The van der Waals surface area contributed by atoms with E-state index in [1.165, 1.54) is 6.07 Å². The molecule has 11 heteroatoms. The molecule has 0 fully saturated rings. The molecule has 0 aliphatic heterocycles. The fraction of sp³-hybridized carbons (Fsp3) is 0.258. The van der Waals surface area contributed by atoms with Crippen LogP contribution in [0.4, 0.5) is 14.5 Å². The summed E-state index contributed by atoms with van der Waals surface area (Å²) in [4.78, 5) is 26.4. The Bertz CT molecular complexity index is 1500. The molecule has 3 aromatic carbocycles. The van der Waals surface area contributed by atoms with E-state index in [2.05, 4.69) is 15.8 Å².